The van der Waals surface area contributed by atoms with Crippen LogP contribution < -0.4 is 14.4 Å². The van der Waals surface area contributed by atoms with Gasteiger partial charge in [-0.25, -0.2) is 0 Å². The molecule has 0 saturated carbocycles. The number of allylic oxidation sites excluding steroid dienone is 5. The zero-order valence-corrected chi connectivity index (χ0v) is 41.2. The fraction of sp³-hybridized carbons (Fsp3) is 0.0833. The summed E-state index contributed by atoms with van der Waals surface area (Å²) in [5, 5.41) is 0. The van der Waals surface area contributed by atoms with Crippen molar-refractivity contribution in [2.24, 2.45) is 5.92 Å². The largest absolute Gasteiger partial charge is 0.457 e. The Morgan fingerprint density at radius 1 is 0.413 bits per heavy atom. The van der Waals surface area contributed by atoms with Crippen molar-refractivity contribution in [3.8, 4) is 56.4 Å². The summed E-state index contributed by atoms with van der Waals surface area (Å²) in [6.45, 7) is 0. The Kier molecular flexibility index (Phi) is 9.12. The number of rotatable bonds is 5. The van der Waals surface area contributed by atoms with Crippen LogP contribution in [-0.2, 0) is 10.8 Å². The Labute approximate surface area is 437 Å². The normalized spacial score (nSPS) is 17.9. The first-order valence-corrected chi connectivity index (χ1v) is 26.4. The van der Waals surface area contributed by atoms with Crippen LogP contribution in [0.5, 0.6) is 23.0 Å². The fourth-order valence-corrected chi connectivity index (χ4v) is 14.6. The summed E-state index contributed by atoms with van der Waals surface area (Å²) in [5.41, 5.74) is 22.7. The molecule has 0 amide bonds. The minimum absolute atomic E-state index is 0.125. The summed E-state index contributed by atoms with van der Waals surface area (Å²) in [4.78, 5) is 2.62. The second-order valence-corrected chi connectivity index (χ2v) is 20.9. The molecule has 0 N–H and O–H groups in total. The van der Waals surface area contributed by atoms with Gasteiger partial charge in [0.1, 0.15) is 23.0 Å². The quantitative estimate of drug-likeness (QED) is 0.172. The molecule has 0 bridgehead atoms. The van der Waals surface area contributed by atoms with E-state index in [2.05, 4.69) is 266 Å². The van der Waals surface area contributed by atoms with Gasteiger partial charge < -0.3 is 14.4 Å². The van der Waals surface area contributed by atoms with Crippen molar-refractivity contribution in [3.63, 3.8) is 0 Å². The van der Waals surface area contributed by atoms with Crippen LogP contribution in [0.25, 0.3) is 39.5 Å². The molecule has 75 heavy (non-hydrogen) atoms. The molecule has 2 heterocycles. The van der Waals surface area contributed by atoms with E-state index >= 15 is 0 Å². The summed E-state index contributed by atoms with van der Waals surface area (Å²) >= 11 is 0. The molecular weight excluding hydrogens is 911 g/mol. The average Bonchev–Trinajstić information content (AvgIpc) is 3.98. The van der Waals surface area contributed by atoms with E-state index in [1.807, 2.05) is 0 Å². The molecule has 6 aliphatic rings. The smallest absolute Gasteiger partial charge is 0.132 e. The second-order valence-electron chi connectivity index (χ2n) is 20.9. The van der Waals surface area contributed by atoms with Crippen molar-refractivity contribution in [3.05, 3.63) is 316 Å². The standard InChI is InChI=1S/C72H49NO2/c1-2-18-46(19-3-1)47-34-36-49(37-35-47)52-21-7-13-29-65(52)73(51-39-42-55-54-23-6-8-24-58(54)71(64(55)45-51)60-25-9-14-30-66(60)74-67-31-15-10-26-61(67)71)50-40-43-59-57(44-50)56-41-38-48-20-4-5-22-53(48)70(56)72(59)62-27-11-16-32-68(62)75-69-33-17-12-28-63(69)72/h1-39,41-42,44-45,56,70H,40,43H2. The van der Waals surface area contributed by atoms with Crippen LogP contribution >= 0.6 is 0 Å². The van der Waals surface area contributed by atoms with Gasteiger partial charge >= 0.3 is 0 Å². The highest BCUT2D eigenvalue weighted by molar-refractivity contribution is 5.92. The lowest BCUT2D eigenvalue weighted by Gasteiger charge is -2.46. The van der Waals surface area contributed by atoms with Crippen LogP contribution in [0.15, 0.2) is 272 Å². The molecule has 3 nitrogen and oxygen atoms in total. The number of hydrogen-bond acceptors (Lipinski definition) is 3. The number of para-hydroxylation sites is 5. The van der Waals surface area contributed by atoms with E-state index in [0.29, 0.717) is 0 Å². The van der Waals surface area contributed by atoms with Gasteiger partial charge in [-0.3, -0.25) is 0 Å². The zero-order chi connectivity index (χ0) is 49.2. The molecule has 0 aromatic heterocycles. The highest BCUT2D eigenvalue weighted by Crippen LogP contribution is 2.69. The van der Waals surface area contributed by atoms with E-state index in [1.54, 1.807) is 0 Å². The molecule has 0 saturated heterocycles. The van der Waals surface area contributed by atoms with Crippen LogP contribution in [0.3, 0.4) is 0 Å². The lowest BCUT2D eigenvalue weighted by molar-refractivity contribution is 0.371. The first-order chi connectivity index (χ1) is 37.2. The van der Waals surface area contributed by atoms with Crippen LogP contribution in [0.1, 0.15) is 63.3 Å². The SMILES string of the molecule is C1=CC2C3=C(CCC(N(c4ccc5c(c4)C4(c6ccccc6Oc6ccccc64)c4ccccc4-5)c4ccccc4-c4ccc(-c5ccccc5)cc4)=C3)C3(c4ccccc4Oc4ccccc43)C2c2ccccc21. The number of ether oxygens (including phenoxy) is 2. The summed E-state index contributed by atoms with van der Waals surface area (Å²) in [6.07, 6.45) is 9.22. The first kappa shape index (κ1) is 42.3. The lowest BCUT2D eigenvalue weighted by Crippen LogP contribution is -2.39. The summed E-state index contributed by atoms with van der Waals surface area (Å²) in [5.74, 6) is 3.93. The molecule has 2 unspecified atom stereocenters. The molecule has 2 atom stereocenters. The fourth-order valence-electron chi connectivity index (χ4n) is 14.6. The Balaban J connectivity index is 0.954. The van der Waals surface area contributed by atoms with Gasteiger partial charge in [0.15, 0.2) is 0 Å². The van der Waals surface area contributed by atoms with Crippen molar-refractivity contribution in [2.75, 3.05) is 4.90 Å². The van der Waals surface area contributed by atoms with Crippen molar-refractivity contribution >= 4 is 17.5 Å². The summed E-state index contributed by atoms with van der Waals surface area (Å²) < 4.78 is 13.7. The Morgan fingerprint density at radius 3 is 1.65 bits per heavy atom. The Hall–Kier alpha value is -9.18. The van der Waals surface area contributed by atoms with E-state index in [9.17, 15) is 0 Å². The van der Waals surface area contributed by atoms with Gasteiger partial charge in [0, 0.05) is 51.0 Å². The minimum atomic E-state index is -0.613. The molecule has 10 aromatic carbocycles. The monoisotopic (exact) mass is 959 g/mol. The number of fused-ring (bicyclic) bond motifs is 19. The average molecular weight is 960 g/mol. The van der Waals surface area contributed by atoms with E-state index in [-0.39, 0.29) is 11.8 Å². The van der Waals surface area contributed by atoms with Gasteiger partial charge in [-0.05, 0) is 117 Å². The van der Waals surface area contributed by atoms with Gasteiger partial charge in [0.25, 0.3) is 0 Å². The van der Waals surface area contributed by atoms with Crippen LogP contribution in [0.2, 0.25) is 0 Å². The van der Waals surface area contributed by atoms with Crippen molar-refractivity contribution in [1.29, 1.82) is 0 Å². The third-order valence-electron chi connectivity index (χ3n) is 17.4. The van der Waals surface area contributed by atoms with Gasteiger partial charge in [0.2, 0.25) is 0 Å². The number of hydrogen-bond donors (Lipinski definition) is 0. The topological polar surface area (TPSA) is 21.7 Å². The van der Waals surface area contributed by atoms with E-state index in [1.165, 1.54) is 83.6 Å². The maximum absolute atomic E-state index is 6.85. The first-order valence-electron chi connectivity index (χ1n) is 26.4. The van der Waals surface area contributed by atoms with Gasteiger partial charge in [-0.1, -0.05) is 218 Å². The summed E-state index contributed by atoms with van der Waals surface area (Å²) in [6, 6.07) is 89.4. The van der Waals surface area contributed by atoms with Crippen molar-refractivity contribution < 1.29 is 9.47 Å². The van der Waals surface area contributed by atoms with E-state index < -0.39 is 10.8 Å². The molecule has 2 spiro atoms. The van der Waals surface area contributed by atoms with Crippen LogP contribution in [0, 0.1) is 5.92 Å². The molecule has 0 radical (unpaired) electrons. The highest BCUT2D eigenvalue weighted by Gasteiger charge is 2.60. The molecule has 4 aliphatic carbocycles. The molecule has 16 rings (SSSR count). The minimum Gasteiger partial charge on any atom is -0.457 e. The van der Waals surface area contributed by atoms with Gasteiger partial charge in [0.05, 0.1) is 16.5 Å². The van der Waals surface area contributed by atoms with Crippen LogP contribution in [0.4, 0.5) is 11.4 Å². The van der Waals surface area contributed by atoms with E-state index in [4.69, 9.17) is 9.47 Å². The molecule has 3 heteroatoms. The molecular formula is C72H49NO2. The predicted molar refractivity (Wildman–Crippen MR) is 303 cm³/mol. The predicted octanol–water partition coefficient (Wildman–Crippen LogP) is 18.1. The third-order valence-corrected chi connectivity index (χ3v) is 17.4. The van der Waals surface area contributed by atoms with Crippen molar-refractivity contribution in [2.45, 2.75) is 29.6 Å². The molecule has 10 aromatic rings. The van der Waals surface area contributed by atoms with E-state index in [0.717, 1.165) is 58.3 Å². The Bertz CT molecular complexity index is 4010. The maximum Gasteiger partial charge on any atom is 0.132 e. The number of benzene rings is 10. The third kappa shape index (κ3) is 5.87. The number of nitrogens with zero attached hydrogens (tertiary/aromatic N) is 1. The molecule has 2 aliphatic heterocycles. The molecule has 0 fully saturated rings. The van der Waals surface area contributed by atoms with Gasteiger partial charge in [-0.15, -0.1) is 0 Å². The molecule has 354 valence electrons. The van der Waals surface area contributed by atoms with Crippen LogP contribution in [-0.4, -0.2) is 0 Å². The highest BCUT2D eigenvalue weighted by atomic mass is 16.5. The van der Waals surface area contributed by atoms with Crippen molar-refractivity contribution in [1.82, 2.24) is 0 Å². The maximum atomic E-state index is 6.85. The lowest BCUT2D eigenvalue weighted by atomic mass is 9.58. The zero-order valence-electron chi connectivity index (χ0n) is 41.2. The second kappa shape index (κ2) is 16.2. The van der Waals surface area contributed by atoms with Gasteiger partial charge in [-0.2, -0.15) is 0 Å². The number of anilines is 2. The summed E-state index contributed by atoms with van der Waals surface area (Å²) in [7, 11) is 0. The Morgan fingerprint density at radius 2 is 0.947 bits per heavy atom.